The molecule has 2 aliphatic heterocycles. The maximum Gasteiger partial charge on any atom is 0.313 e. The number of piperazine rings is 1. The van der Waals surface area contributed by atoms with E-state index < -0.39 is 0 Å². The van der Waals surface area contributed by atoms with Crippen molar-refractivity contribution in [3.05, 3.63) is 43.8 Å². The Labute approximate surface area is 242 Å². The van der Waals surface area contributed by atoms with E-state index in [1.54, 1.807) is 0 Å². The highest BCUT2D eigenvalue weighted by molar-refractivity contribution is 7.13. The van der Waals surface area contributed by atoms with E-state index in [4.69, 9.17) is 9.11 Å². The van der Waals surface area contributed by atoms with Crippen LogP contribution in [-0.2, 0) is 19.1 Å². The molecule has 218 valence electrons. The predicted octanol–water partition coefficient (Wildman–Crippen LogP) is 5.20. The van der Waals surface area contributed by atoms with Crippen LogP contribution in [0, 0.1) is 19.3 Å². The minimum atomic E-state index is -0.194. The van der Waals surface area contributed by atoms with Gasteiger partial charge in [0, 0.05) is 11.9 Å². The van der Waals surface area contributed by atoms with E-state index in [2.05, 4.69) is 23.1 Å². The fourth-order valence-corrected chi connectivity index (χ4v) is 7.20. The van der Waals surface area contributed by atoms with Crippen LogP contribution in [0.3, 0.4) is 0 Å². The average Bonchev–Trinajstić information content (AvgIpc) is 3.50. The zero-order chi connectivity index (χ0) is 27.2. The van der Waals surface area contributed by atoms with Crippen molar-refractivity contribution in [1.82, 2.24) is 9.27 Å². The van der Waals surface area contributed by atoms with Gasteiger partial charge in [-0.1, -0.05) is 44.1 Å². The Balaban J connectivity index is 0.00000370. The molecule has 2 aromatic rings. The molecular formula is C31H44N4O4S. The van der Waals surface area contributed by atoms with Crippen LogP contribution in [0.2, 0.25) is 0 Å². The number of hydrogen-bond donors (Lipinski definition) is 0. The molecule has 1 aromatic carbocycles. The maximum absolute atomic E-state index is 12.9. The lowest BCUT2D eigenvalue weighted by Gasteiger charge is -2.44. The number of likely N-dealkylation sites (tertiary alicyclic amines) is 1. The highest BCUT2D eigenvalue weighted by Gasteiger charge is 2.47. The minimum Gasteiger partial charge on any atom is -0.415 e. The van der Waals surface area contributed by atoms with Gasteiger partial charge in [-0.2, -0.15) is 4.37 Å². The van der Waals surface area contributed by atoms with E-state index in [-0.39, 0.29) is 37.0 Å². The lowest BCUT2D eigenvalue weighted by atomic mass is 9.81. The molecule has 3 aliphatic rings. The van der Waals surface area contributed by atoms with E-state index in [0.717, 1.165) is 83.5 Å². The number of fused-ring (bicyclic) bond motifs is 2. The number of allylic oxidation sites excluding steroid dienone is 1. The summed E-state index contributed by atoms with van der Waals surface area (Å²) in [6, 6.07) is 8.34. The molecule has 1 aromatic heterocycles. The number of imide groups is 1. The number of benzene rings is 1. The van der Waals surface area contributed by atoms with Crippen molar-refractivity contribution in [2.24, 2.45) is 11.8 Å². The maximum atomic E-state index is 12.9. The van der Waals surface area contributed by atoms with Crippen LogP contribution in [0.15, 0.2) is 36.4 Å². The van der Waals surface area contributed by atoms with E-state index in [1.807, 2.05) is 25.1 Å². The molecule has 2 unspecified atom stereocenters. The Hall–Kier alpha value is -2.78. The molecular weight excluding hydrogens is 524 g/mol. The molecule has 5 rings (SSSR count). The Kier molecular flexibility index (Phi) is 10.4. The van der Waals surface area contributed by atoms with Gasteiger partial charge in [0.25, 0.3) is 0 Å². The molecule has 2 atom stereocenters. The molecule has 0 bridgehead atoms. The molecule has 0 radical (unpaired) electrons. The second-order valence-corrected chi connectivity index (χ2v) is 12.1. The summed E-state index contributed by atoms with van der Waals surface area (Å²) in [7, 11) is 0. The third kappa shape index (κ3) is 6.57. The van der Waals surface area contributed by atoms with Gasteiger partial charge >= 0.3 is 5.97 Å². The normalized spacial score (nSPS) is 22.5. The standard InChI is InChI=1S/C30H41N4O4S.CH3/c1-2-3-4-15-27(35)38-22-34(19-10-9-16-33-29(36)23-11-5-6-12-24(23)30(33)37)20-17-32(18-21-34)28-25-13-7-8-14-26(25)39-31-28;/h3-4,7-8,13-14,23-24H,2,5-6,9-12,15-22H2,1H3;1H3/q+1;-1/b4-3+;. The molecule has 0 spiro atoms. The van der Waals surface area contributed by atoms with Crippen LogP contribution in [0.1, 0.15) is 58.3 Å². The first-order chi connectivity index (χ1) is 19.0. The van der Waals surface area contributed by atoms with Gasteiger partial charge in [-0.3, -0.25) is 23.8 Å². The second kappa shape index (κ2) is 13.7. The average molecular weight is 569 g/mol. The van der Waals surface area contributed by atoms with Crippen molar-refractivity contribution in [2.45, 2.75) is 58.3 Å². The number of anilines is 1. The lowest BCUT2D eigenvalue weighted by Crippen LogP contribution is -2.61. The quantitative estimate of drug-likeness (QED) is 0.0927. The Morgan fingerprint density at radius 1 is 1.07 bits per heavy atom. The number of esters is 1. The van der Waals surface area contributed by atoms with Gasteiger partial charge in [-0.05, 0) is 55.8 Å². The van der Waals surface area contributed by atoms with Crippen molar-refractivity contribution < 1.29 is 23.6 Å². The Morgan fingerprint density at radius 2 is 1.77 bits per heavy atom. The topological polar surface area (TPSA) is 79.8 Å². The largest absolute Gasteiger partial charge is 0.415 e. The third-order valence-electron chi connectivity index (χ3n) is 8.73. The van der Waals surface area contributed by atoms with Gasteiger partial charge in [0.05, 0.1) is 55.7 Å². The third-order valence-corrected chi connectivity index (χ3v) is 9.55. The molecule has 0 N–H and O–H groups in total. The SMILES string of the molecule is CC/C=C/CC(=O)OC[N+]1(CCCCN2C(=O)C3CCCCC3C2=O)CCN(c2nsc3ccccc23)CC1.[CH3-]. The number of hydrogen-bond acceptors (Lipinski definition) is 7. The molecule has 8 nitrogen and oxygen atoms in total. The van der Waals surface area contributed by atoms with E-state index >= 15 is 0 Å². The smallest absolute Gasteiger partial charge is 0.313 e. The van der Waals surface area contributed by atoms with Gasteiger partial charge in [0.2, 0.25) is 18.5 Å². The number of nitrogens with zero attached hydrogens (tertiary/aromatic N) is 4. The summed E-state index contributed by atoms with van der Waals surface area (Å²) in [6.45, 7) is 7.16. The highest BCUT2D eigenvalue weighted by Crippen LogP contribution is 2.38. The summed E-state index contributed by atoms with van der Waals surface area (Å²) in [5, 5.41) is 1.19. The van der Waals surface area contributed by atoms with Crippen LogP contribution in [-0.4, -0.2) is 77.5 Å². The first-order valence-corrected chi connectivity index (χ1v) is 15.4. The second-order valence-electron chi connectivity index (χ2n) is 11.3. The zero-order valence-corrected chi connectivity index (χ0v) is 24.9. The van der Waals surface area contributed by atoms with Crippen molar-refractivity contribution >= 4 is 45.2 Å². The van der Waals surface area contributed by atoms with Crippen LogP contribution in [0.5, 0.6) is 0 Å². The highest BCUT2D eigenvalue weighted by atomic mass is 32.1. The molecule has 40 heavy (non-hydrogen) atoms. The monoisotopic (exact) mass is 568 g/mol. The Bertz CT molecular complexity index is 1180. The first-order valence-electron chi connectivity index (χ1n) is 14.6. The molecule has 2 saturated heterocycles. The van der Waals surface area contributed by atoms with Crippen LogP contribution < -0.4 is 4.90 Å². The number of unbranched alkanes of at least 4 members (excludes halogenated alkanes) is 1. The van der Waals surface area contributed by atoms with E-state index in [1.165, 1.54) is 26.5 Å². The minimum absolute atomic E-state index is 0. The molecule has 3 fully saturated rings. The van der Waals surface area contributed by atoms with Gasteiger partial charge in [-0.15, -0.1) is 0 Å². The summed E-state index contributed by atoms with van der Waals surface area (Å²) in [5.74, 6) is 0.781. The molecule has 3 heterocycles. The van der Waals surface area contributed by atoms with Crippen molar-refractivity contribution in [3.8, 4) is 0 Å². The number of carbonyl (C=O) groups is 3. The molecule has 9 heteroatoms. The number of carbonyl (C=O) groups excluding carboxylic acids is 3. The van der Waals surface area contributed by atoms with E-state index in [0.29, 0.717) is 24.2 Å². The van der Waals surface area contributed by atoms with Gasteiger partial charge < -0.3 is 17.1 Å². The Morgan fingerprint density at radius 3 is 2.48 bits per heavy atom. The summed E-state index contributed by atoms with van der Waals surface area (Å²) in [4.78, 5) is 42.0. The predicted molar refractivity (Wildman–Crippen MR) is 160 cm³/mol. The number of ether oxygens (including phenoxy) is 1. The van der Waals surface area contributed by atoms with Gasteiger partial charge in [0.1, 0.15) is 0 Å². The summed E-state index contributed by atoms with van der Waals surface area (Å²) >= 11 is 1.54. The molecule has 1 saturated carbocycles. The van der Waals surface area contributed by atoms with Crippen LogP contribution >= 0.6 is 11.5 Å². The summed E-state index contributed by atoms with van der Waals surface area (Å²) in [6.07, 6.45) is 10.5. The van der Waals surface area contributed by atoms with Crippen LogP contribution in [0.25, 0.3) is 10.1 Å². The molecule has 2 amide bonds. The van der Waals surface area contributed by atoms with Crippen molar-refractivity contribution in [1.29, 1.82) is 0 Å². The molecule has 1 aliphatic carbocycles. The van der Waals surface area contributed by atoms with Crippen LogP contribution in [0.4, 0.5) is 5.82 Å². The van der Waals surface area contributed by atoms with Gasteiger partial charge in [-0.25, -0.2) is 0 Å². The number of amides is 2. The number of quaternary nitrogens is 1. The number of rotatable bonds is 11. The van der Waals surface area contributed by atoms with Crippen molar-refractivity contribution in [2.75, 3.05) is 50.9 Å². The van der Waals surface area contributed by atoms with Crippen molar-refractivity contribution in [3.63, 3.8) is 0 Å². The summed E-state index contributed by atoms with van der Waals surface area (Å²) in [5.41, 5.74) is 0. The lowest BCUT2D eigenvalue weighted by molar-refractivity contribution is -0.944. The zero-order valence-electron chi connectivity index (χ0n) is 24.1. The van der Waals surface area contributed by atoms with Gasteiger partial charge in [0.15, 0.2) is 5.82 Å². The number of aromatic nitrogens is 1. The van der Waals surface area contributed by atoms with E-state index in [9.17, 15) is 14.4 Å². The fraction of sp³-hybridized carbons (Fsp3) is 0.581. The first kappa shape index (κ1) is 30.2. The summed E-state index contributed by atoms with van der Waals surface area (Å²) < 4.78 is 12.4. The fourth-order valence-electron chi connectivity index (χ4n) is 6.40.